The summed E-state index contributed by atoms with van der Waals surface area (Å²) >= 11 is 0. The minimum Gasteiger partial charge on any atom is -0.272 e. The molecule has 0 aromatic heterocycles. The van der Waals surface area contributed by atoms with Gasteiger partial charge in [-0.25, -0.2) is 5.43 Å². The molecule has 0 saturated heterocycles. The van der Waals surface area contributed by atoms with Gasteiger partial charge in [-0.3, -0.25) is 4.79 Å². The molecule has 2 atom stereocenters. The first-order valence-electron chi connectivity index (χ1n) is 4.00. The zero-order chi connectivity index (χ0) is 8.43. The van der Waals surface area contributed by atoms with Crippen LogP contribution < -0.4 is 5.43 Å². The van der Waals surface area contributed by atoms with E-state index in [1.165, 1.54) is 0 Å². The fraction of sp³-hybridized carbons (Fsp3) is 0.750. The van der Waals surface area contributed by atoms with E-state index < -0.39 is 0 Å². The van der Waals surface area contributed by atoms with Crippen LogP contribution in [0.15, 0.2) is 5.10 Å². The van der Waals surface area contributed by atoms with Crippen LogP contribution in [-0.2, 0) is 4.79 Å². The Morgan fingerprint density at radius 1 is 1.73 bits per heavy atom. The van der Waals surface area contributed by atoms with Gasteiger partial charge in [0.15, 0.2) is 0 Å². The maximum atomic E-state index is 11.2. The fourth-order valence-corrected chi connectivity index (χ4v) is 1.38. The van der Waals surface area contributed by atoms with Crippen molar-refractivity contribution < 1.29 is 4.79 Å². The number of amides is 1. The number of carbonyl (C=O) groups excluding carboxylic acids is 1. The summed E-state index contributed by atoms with van der Waals surface area (Å²) in [5.41, 5.74) is 3.40. The van der Waals surface area contributed by atoms with E-state index in [1.807, 2.05) is 6.92 Å². The van der Waals surface area contributed by atoms with Gasteiger partial charge < -0.3 is 0 Å². The topological polar surface area (TPSA) is 41.5 Å². The monoisotopic (exact) mass is 154 g/mol. The first kappa shape index (κ1) is 8.24. The summed E-state index contributed by atoms with van der Waals surface area (Å²) in [6.45, 7) is 6.06. The lowest BCUT2D eigenvalue weighted by molar-refractivity contribution is -0.123. The zero-order valence-electron chi connectivity index (χ0n) is 7.22. The van der Waals surface area contributed by atoms with Gasteiger partial charge in [-0.05, 0) is 12.8 Å². The predicted molar refractivity (Wildman–Crippen MR) is 44.2 cm³/mol. The molecule has 1 aliphatic heterocycles. The van der Waals surface area contributed by atoms with Crippen molar-refractivity contribution in [1.29, 1.82) is 0 Å². The first-order valence-corrected chi connectivity index (χ1v) is 4.00. The van der Waals surface area contributed by atoms with Crippen LogP contribution in [0, 0.1) is 11.8 Å². The van der Waals surface area contributed by atoms with Crippen molar-refractivity contribution in [3.8, 4) is 0 Å². The highest BCUT2D eigenvalue weighted by Gasteiger charge is 2.30. The van der Waals surface area contributed by atoms with Crippen LogP contribution in [0.3, 0.4) is 0 Å². The molecule has 62 valence electrons. The number of nitrogens with zero attached hydrogens (tertiary/aromatic N) is 1. The largest absolute Gasteiger partial charge is 0.272 e. The molecule has 0 aromatic rings. The van der Waals surface area contributed by atoms with Gasteiger partial charge in [0.25, 0.3) is 0 Å². The molecule has 0 radical (unpaired) electrons. The minimum absolute atomic E-state index is 0.0139. The van der Waals surface area contributed by atoms with E-state index in [9.17, 15) is 4.79 Å². The van der Waals surface area contributed by atoms with Crippen LogP contribution in [0.25, 0.3) is 0 Å². The third kappa shape index (κ3) is 1.42. The molecule has 1 rings (SSSR count). The summed E-state index contributed by atoms with van der Waals surface area (Å²) in [5, 5.41) is 3.88. The van der Waals surface area contributed by atoms with Crippen LogP contribution in [0.1, 0.15) is 27.2 Å². The van der Waals surface area contributed by atoms with Crippen LogP contribution in [0.4, 0.5) is 0 Å². The third-order valence-corrected chi connectivity index (χ3v) is 2.29. The molecule has 11 heavy (non-hydrogen) atoms. The highest BCUT2D eigenvalue weighted by atomic mass is 16.2. The van der Waals surface area contributed by atoms with E-state index in [4.69, 9.17) is 0 Å². The maximum absolute atomic E-state index is 11.2. The maximum Gasteiger partial charge on any atom is 0.249 e. The molecule has 0 bridgehead atoms. The molecule has 0 saturated carbocycles. The summed E-state index contributed by atoms with van der Waals surface area (Å²) in [6, 6.07) is 0. The Kier molecular flexibility index (Phi) is 2.27. The number of rotatable bonds is 2. The van der Waals surface area contributed by atoms with Gasteiger partial charge in [-0.2, -0.15) is 5.10 Å². The van der Waals surface area contributed by atoms with Crippen molar-refractivity contribution >= 4 is 11.6 Å². The van der Waals surface area contributed by atoms with Crippen molar-refractivity contribution in [1.82, 2.24) is 5.43 Å². The number of hydrogen-bond acceptors (Lipinski definition) is 2. The normalized spacial score (nSPS) is 26.3. The summed E-state index contributed by atoms with van der Waals surface area (Å²) in [5.74, 6) is 0.470. The molecule has 1 aliphatic rings. The molecule has 0 spiro atoms. The lowest BCUT2D eigenvalue weighted by Gasteiger charge is -2.14. The Labute approximate surface area is 66.9 Å². The Morgan fingerprint density at radius 2 is 2.36 bits per heavy atom. The standard InChI is InChI=1S/C8H14N2O/c1-4-5(2)7-6(3)9-10-8(7)11/h5,7H,4H2,1-3H3,(H,10,11). The summed E-state index contributed by atoms with van der Waals surface area (Å²) in [6.07, 6.45) is 1.02. The molecule has 0 aromatic carbocycles. The molecule has 1 amide bonds. The average Bonchev–Trinajstić information content (AvgIpc) is 2.30. The average molecular weight is 154 g/mol. The van der Waals surface area contributed by atoms with Crippen molar-refractivity contribution in [3.05, 3.63) is 0 Å². The molecule has 0 fully saturated rings. The third-order valence-electron chi connectivity index (χ3n) is 2.29. The van der Waals surface area contributed by atoms with Crippen molar-refractivity contribution in [2.45, 2.75) is 27.2 Å². The summed E-state index contributed by atoms with van der Waals surface area (Å²) < 4.78 is 0. The van der Waals surface area contributed by atoms with E-state index in [0.717, 1.165) is 12.1 Å². The minimum atomic E-state index is 0.0139. The number of nitrogens with one attached hydrogen (secondary N) is 1. The van der Waals surface area contributed by atoms with Crippen LogP contribution in [-0.4, -0.2) is 11.6 Å². The van der Waals surface area contributed by atoms with Gasteiger partial charge >= 0.3 is 0 Å². The Hall–Kier alpha value is -0.860. The van der Waals surface area contributed by atoms with Crippen molar-refractivity contribution in [2.75, 3.05) is 0 Å². The first-order chi connectivity index (χ1) is 5.16. The van der Waals surface area contributed by atoms with E-state index in [2.05, 4.69) is 24.4 Å². The summed E-state index contributed by atoms with van der Waals surface area (Å²) in [4.78, 5) is 11.2. The fourth-order valence-electron chi connectivity index (χ4n) is 1.38. The zero-order valence-corrected chi connectivity index (χ0v) is 7.22. The van der Waals surface area contributed by atoms with Gasteiger partial charge in [0.2, 0.25) is 5.91 Å². The lowest BCUT2D eigenvalue weighted by Crippen LogP contribution is -2.27. The second-order valence-electron chi connectivity index (χ2n) is 3.09. The van der Waals surface area contributed by atoms with Crippen LogP contribution >= 0.6 is 0 Å². The molecule has 1 heterocycles. The molecule has 3 nitrogen and oxygen atoms in total. The predicted octanol–water partition coefficient (Wildman–Crippen LogP) is 1.15. The van der Waals surface area contributed by atoms with Crippen molar-refractivity contribution in [3.63, 3.8) is 0 Å². The molecule has 1 N–H and O–H groups in total. The second kappa shape index (κ2) is 3.03. The van der Waals surface area contributed by atoms with Gasteiger partial charge in [0.05, 0.1) is 5.92 Å². The highest BCUT2D eigenvalue weighted by molar-refractivity contribution is 6.07. The number of carbonyl (C=O) groups is 1. The molecular formula is C8H14N2O. The van der Waals surface area contributed by atoms with Crippen molar-refractivity contribution in [2.24, 2.45) is 16.9 Å². The van der Waals surface area contributed by atoms with E-state index >= 15 is 0 Å². The van der Waals surface area contributed by atoms with E-state index in [0.29, 0.717) is 5.92 Å². The highest BCUT2D eigenvalue weighted by Crippen LogP contribution is 2.20. The van der Waals surface area contributed by atoms with Crippen LogP contribution in [0.5, 0.6) is 0 Å². The van der Waals surface area contributed by atoms with E-state index in [-0.39, 0.29) is 11.8 Å². The SMILES string of the molecule is CCC(C)C1C(=O)NN=C1C. The summed E-state index contributed by atoms with van der Waals surface area (Å²) in [7, 11) is 0. The molecule has 3 heteroatoms. The van der Waals surface area contributed by atoms with Crippen LogP contribution in [0.2, 0.25) is 0 Å². The Balaban J connectivity index is 2.69. The Morgan fingerprint density at radius 3 is 2.73 bits per heavy atom. The second-order valence-corrected chi connectivity index (χ2v) is 3.09. The van der Waals surface area contributed by atoms with Gasteiger partial charge in [-0.15, -0.1) is 0 Å². The molecule has 2 unspecified atom stereocenters. The lowest BCUT2D eigenvalue weighted by atomic mass is 9.88. The Bertz CT molecular complexity index is 198. The van der Waals surface area contributed by atoms with Gasteiger partial charge in [0, 0.05) is 5.71 Å². The molecule has 0 aliphatic carbocycles. The van der Waals surface area contributed by atoms with E-state index in [1.54, 1.807) is 0 Å². The van der Waals surface area contributed by atoms with Gasteiger partial charge in [0.1, 0.15) is 0 Å². The molecular weight excluding hydrogens is 140 g/mol. The quantitative estimate of drug-likeness (QED) is 0.637. The van der Waals surface area contributed by atoms with Gasteiger partial charge in [-0.1, -0.05) is 20.3 Å². The smallest absolute Gasteiger partial charge is 0.249 e. The number of hydrazone groups is 1. The number of hydrogen-bond donors (Lipinski definition) is 1.